The lowest BCUT2D eigenvalue weighted by Gasteiger charge is -2.08. The highest BCUT2D eigenvalue weighted by atomic mass is 16.2. The minimum absolute atomic E-state index is 0.136. The van der Waals surface area contributed by atoms with E-state index in [0.29, 0.717) is 23.7 Å². The first-order chi connectivity index (χ1) is 14.3. The summed E-state index contributed by atoms with van der Waals surface area (Å²) >= 11 is 0. The van der Waals surface area contributed by atoms with E-state index in [4.69, 9.17) is 0 Å². The molecule has 1 aromatic carbocycles. The van der Waals surface area contributed by atoms with Crippen molar-refractivity contribution in [2.45, 2.75) is 41.0 Å². The minimum atomic E-state index is -0.159. The molecule has 3 aromatic rings. The van der Waals surface area contributed by atoms with Gasteiger partial charge in [0, 0.05) is 40.4 Å². The van der Waals surface area contributed by atoms with Gasteiger partial charge in [-0.3, -0.25) is 9.59 Å². The lowest BCUT2D eigenvalue weighted by atomic mass is 10.1. The largest absolute Gasteiger partial charge is 0.352 e. The second-order valence-electron chi connectivity index (χ2n) is 7.17. The topological polar surface area (TPSA) is 102 Å². The first-order valence-electron chi connectivity index (χ1n) is 9.84. The molecule has 8 nitrogen and oxygen atoms in total. The van der Waals surface area contributed by atoms with E-state index in [1.165, 1.54) is 0 Å². The maximum Gasteiger partial charge on any atom is 0.251 e. The summed E-state index contributed by atoms with van der Waals surface area (Å²) in [6, 6.07) is 8.71. The molecule has 0 saturated carbocycles. The second kappa shape index (κ2) is 8.86. The molecule has 0 aliphatic heterocycles. The highest BCUT2D eigenvalue weighted by Gasteiger charge is 2.18. The van der Waals surface area contributed by atoms with Crippen molar-refractivity contribution in [3.8, 4) is 5.95 Å². The Balaban J connectivity index is 1.74. The molecular formula is C22H26N6O2. The molecule has 0 atom stereocenters. The zero-order chi connectivity index (χ0) is 21.8. The van der Waals surface area contributed by atoms with Crippen LogP contribution in [0.5, 0.6) is 0 Å². The van der Waals surface area contributed by atoms with Crippen LogP contribution in [-0.2, 0) is 11.2 Å². The van der Waals surface area contributed by atoms with E-state index >= 15 is 0 Å². The van der Waals surface area contributed by atoms with E-state index in [0.717, 1.165) is 28.3 Å². The summed E-state index contributed by atoms with van der Waals surface area (Å²) in [5.41, 5.74) is 5.34. The molecule has 2 N–H and O–H groups in total. The number of aromatic nitrogens is 4. The fourth-order valence-electron chi connectivity index (χ4n) is 3.26. The monoisotopic (exact) mass is 406 g/mol. The first-order valence-corrected chi connectivity index (χ1v) is 9.84. The molecular weight excluding hydrogens is 380 g/mol. The van der Waals surface area contributed by atoms with Gasteiger partial charge in [0.15, 0.2) is 0 Å². The van der Waals surface area contributed by atoms with Gasteiger partial charge in [-0.2, -0.15) is 5.10 Å². The van der Waals surface area contributed by atoms with Crippen LogP contribution in [0.1, 0.15) is 45.6 Å². The number of anilines is 1. The van der Waals surface area contributed by atoms with Crippen molar-refractivity contribution in [2.24, 2.45) is 0 Å². The molecule has 0 aliphatic carbocycles. The maximum absolute atomic E-state index is 12.6. The van der Waals surface area contributed by atoms with Gasteiger partial charge >= 0.3 is 0 Å². The number of carbonyl (C=O) groups excluding carboxylic acids is 2. The molecule has 0 spiro atoms. The Labute approximate surface area is 175 Å². The predicted octanol–water partition coefficient (Wildman–Crippen LogP) is 2.83. The van der Waals surface area contributed by atoms with Gasteiger partial charge in [-0.05, 0) is 65.0 Å². The molecule has 0 fully saturated rings. The summed E-state index contributed by atoms with van der Waals surface area (Å²) in [5.74, 6) is 0.205. The quantitative estimate of drug-likeness (QED) is 0.655. The second-order valence-corrected chi connectivity index (χ2v) is 7.17. The lowest BCUT2D eigenvalue weighted by molar-refractivity contribution is -0.115. The zero-order valence-corrected chi connectivity index (χ0v) is 17.9. The third-order valence-corrected chi connectivity index (χ3v) is 4.71. The van der Waals surface area contributed by atoms with E-state index in [9.17, 15) is 9.59 Å². The molecule has 2 aromatic heterocycles. The van der Waals surface area contributed by atoms with Crippen molar-refractivity contribution in [1.82, 2.24) is 25.1 Å². The van der Waals surface area contributed by atoms with E-state index < -0.39 is 0 Å². The van der Waals surface area contributed by atoms with Crippen LogP contribution in [0.2, 0.25) is 0 Å². The average Bonchev–Trinajstić information content (AvgIpc) is 2.96. The third kappa shape index (κ3) is 4.71. The number of amides is 2. The number of aryl methyl sites for hydroxylation is 3. The Bertz CT molecular complexity index is 1070. The molecule has 0 saturated heterocycles. The Morgan fingerprint density at radius 2 is 1.63 bits per heavy atom. The number of benzene rings is 1. The van der Waals surface area contributed by atoms with Crippen molar-refractivity contribution in [1.29, 1.82) is 0 Å². The Morgan fingerprint density at radius 1 is 1.00 bits per heavy atom. The number of carbonyl (C=O) groups is 2. The van der Waals surface area contributed by atoms with Gasteiger partial charge in [0.25, 0.3) is 11.9 Å². The summed E-state index contributed by atoms with van der Waals surface area (Å²) < 4.78 is 1.68. The van der Waals surface area contributed by atoms with Gasteiger partial charge in [0.05, 0.1) is 12.1 Å². The highest BCUT2D eigenvalue weighted by molar-refractivity contribution is 5.96. The van der Waals surface area contributed by atoms with Gasteiger partial charge in [-0.15, -0.1) is 0 Å². The van der Waals surface area contributed by atoms with Crippen LogP contribution in [0.15, 0.2) is 30.3 Å². The summed E-state index contributed by atoms with van der Waals surface area (Å²) in [6.45, 7) is 10.0. The van der Waals surface area contributed by atoms with Gasteiger partial charge in [-0.25, -0.2) is 14.6 Å². The molecule has 156 valence electrons. The van der Waals surface area contributed by atoms with Crippen molar-refractivity contribution in [3.05, 3.63) is 64.2 Å². The fourth-order valence-corrected chi connectivity index (χ4v) is 3.26. The highest BCUT2D eigenvalue weighted by Crippen LogP contribution is 2.18. The predicted molar refractivity (Wildman–Crippen MR) is 115 cm³/mol. The number of rotatable bonds is 6. The van der Waals surface area contributed by atoms with Gasteiger partial charge < -0.3 is 10.6 Å². The molecule has 0 bridgehead atoms. The number of nitrogens with zero attached hydrogens (tertiary/aromatic N) is 4. The van der Waals surface area contributed by atoms with Crippen molar-refractivity contribution >= 4 is 17.5 Å². The molecule has 3 rings (SSSR count). The molecule has 2 amide bonds. The zero-order valence-electron chi connectivity index (χ0n) is 17.9. The standard InChI is InChI=1S/C22H26N6O2/c1-6-23-21(30)17-7-9-18(10-8-17)26-20(29)12-19-15(4)27-28(16(19)5)22-24-13(2)11-14(3)25-22/h7-11H,6,12H2,1-5H3,(H,23,30)(H,26,29). The maximum atomic E-state index is 12.6. The smallest absolute Gasteiger partial charge is 0.251 e. The molecule has 2 heterocycles. The van der Waals surface area contributed by atoms with Crippen LogP contribution in [0.3, 0.4) is 0 Å². The fraction of sp³-hybridized carbons (Fsp3) is 0.318. The van der Waals surface area contributed by atoms with E-state index in [-0.39, 0.29) is 18.2 Å². The van der Waals surface area contributed by atoms with Crippen LogP contribution in [0.25, 0.3) is 5.95 Å². The van der Waals surface area contributed by atoms with Crippen molar-refractivity contribution in [3.63, 3.8) is 0 Å². The molecule has 30 heavy (non-hydrogen) atoms. The Kier molecular flexibility index (Phi) is 6.25. The SMILES string of the molecule is CCNC(=O)c1ccc(NC(=O)Cc2c(C)nn(-c3nc(C)cc(C)n3)c2C)cc1. The van der Waals surface area contributed by atoms with Gasteiger partial charge in [0.2, 0.25) is 5.91 Å². The van der Waals surface area contributed by atoms with Crippen LogP contribution in [0.4, 0.5) is 5.69 Å². The number of hydrogen-bond acceptors (Lipinski definition) is 5. The molecule has 0 radical (unpaired) electrons. The number of hydrogen-bond donors (Lipinski definition) is 2. The van der Waals surface area contributed by atoms with Crippen molar-refractivity contribution in [2.75, 3.05) is 11.9 Å². The van der Waals surface area contributed by atoms with E-state index in [1.54, 1.807) is 28.9 Å². The van der Waals surface area contributed by atoms with Crippen LogP contribution in [-0.4, -0.2) is 38.1 Å². The molecule has 0 aliphatic rings. The van der Waals surface area contributed by atoms with Gasteiger partial charge in [-0.1, -0.05) is 0 Å². The summed E-state index contributed by atoms with van der Waals surface area (Å²) in [5, 5.41) is 10.2. The molecule has 8 heteroatoms. The summed E-state index contributed by atoms with van der Waals surface area (Å²) in [7, 11) is 0. The van der Waals surface area contributed by atoms with E-state index in [2.05, 4.69) is 25.7 Å². The van der Waals surface area contributed by atoms with Crippen molar-refractivity contribution < 1.29 is 9.59 Å². The lowest BCUT2D eigenvalue weighted by Crippen LogP contribution is -2.22. The first kappa shape index (κ1) is 21.2. The Hall–Kier alpha value is -3.55. The van der Waals surface area contributed by atoms with E-state index in [1.807, 2.05) is 40.7 Å². The summed E-state index contributed by atoms with van der Waals surface area (Å²) in [6.07, 6.45) is 0.181. The third-order valence-electron chi connectivity index (χ3n) is 4.71. The van der Waals surface area contributed by atoms with Crippen LogP contribution in [0, 0.1) is 27.7 Å². The molecule has 0 unspecified atom stereocenters. The Morgan fingerprint density at radius 3 is 2.23 bits per heavy atom. The minimum Gasteiger partial charge on any atom is -0.352 e. The average molecular weight is 406 g/mol. The van der Waals surface area contributed by atoms with Gasteiger partial charge in [0.1, 0.15) is 0 Å². The normalized spacial score (nSPS) is 10.7. The van der Waals surface area contributed by atoms with Crippen LogP contribution < -0.4 is 10.6 Å². The van der Waals surface area contributed by atoms with Crippen LogP contribution >= 0.6 is 0 Å². The number of nitrogens with one attached hydrogen (secondary N) is 2. The summed E-state index contributed by atoms with van der Waals surface area (Å²) in [4.78, 5) is 33.4.